The summed E-state index contributed by atoms with van der Waals surface area (Å²) in [6, 6.07) is 18.4. The molecule has 1 amide bonds. The van der Waals surface area contributed by atoms with Crippen molar-refractivity contribution in [1.29, 1.82) is 0 Å². The zero-order valence-corrected chi connectivity index (χ0v) is 22.9. The average Bonchev–Trinajstić information content (AvgIpc) is 3.19. The average molecular weight is 596 g/mol. The number of amides is 1. The highest BCUT2D eigenvalue weighted by molar-refractivity contribution is 9.10. The number of rotatable bonds is 7. The van der Waals surface area contributed by atoms with Crippen molar-refractivity contribution in [2.45, 2.75) is 20.5 Å². The number of benzene rings is 3. The number of esters is 1. The minimum atomic E-state index is -0.790. The summed E-state index contributed by atoms with van der Waals surface area (Å²) in [5.41, 5.74) is 2.09. The van der Waals surface area contributed by atoms with Crippen LogP contribution in [-0.4, -0.2) is 28.6 Å². The molecular weight excluding hydrogens is 573 g/mol. The van der Waals surface area contributed by atoms with Crippen LogP contribution in [0, 0.1) is 12.7 Å². The number of aliphatic imine (C=N–C) groups is 1. The second kappa shape index (κ2) is 12.2. The summed E-state index contributed by atoms with van der Waals surface area (Å²) in [6.45, 7) is 3.62. The van der Waals surface area contributed by atoms with E-state index in [1.165, 1.54) is 6.07 Å². The zero-order valence-electron chi connectivity index (χ0n) is 20.5. The minimum absolute atomic E-state index is 0.00865. The molecule has 3 aromatic rings. The van der Waals surface area contributed by atoms with Gasteiger partial charge in [0, 0.05) is 21.2 Å². The lowest BCUT2D eigenvalue weighted by Gasteiger charge is -2.11. The van der Waals surface area contributed by atoms with Crippen molar-refractivity contribution in [3.8, 4) is 5.75 Å². The standard InChI is InChI=1S/C29H23BrFNO5S/c1-3-36-29(35)25-26(33)24(38-28(25)32-27(34)18-10-8-17(2)9-11-18)15-20-14-21(30)12-13-23(20)37-16-19-6-4-5-7-22(19)31/h4-15,33H,3,16H2,1-2H3/b24-15-,32-28?. The summed E-state index contributed by atoms with van der Waals surface area (Å²) in [6.07, 6.45) is 1.61. The fraction of sp³-hybridized carbons (Fsp3) is 0.138. The van der Waals surface area contributed by atoms with E-state index in [9.17, 15) is 19.1 Å². The largest absolute Gasteiger partial charge is 0.506 e. The van der Waals surface area contributed by atoms with Gasteiger partial charge in [-0.15, -0.1) is 0 Å². The van der Waals surface area contributed by atoms with Crippen molar-refractivity contribution in [3.05, 3.63) is 116 Å². The first-order valence-corrected chi connectivity index (χ1v) is 13.2. The number of aliphatic hydroxyl groups is 1. The van der Waals surface area contributed by atoms with E-state index < -0.39 is 11.9 Å². The molecule has 6 nitrogen and oxygen atoms in total. The number of carbonyl (C=O) groups is 2. The van der Waals surface area contributed by atoms with Crippen molar-refractivity contribution in [3.63, 3.8) is 0 Å². The third-order valence-electron chi connectivity index (χ3n) is 5.47. The first-order valence-electron chi connectivity index (χ1n) is 11.6. The summed E-state index contributed by atoms with van der Waals surface area (Å²) in [7, 11) is 0. The molecule has 0 aliphatic carbocycles. The second-order valence-electron chi connectivity index (χ2n) is 8.21. The van der Waals surface area contributed by atoms with E-state index in [1.54, 1.807) is 73.7 Å². The molecule has 0 aromatic heterocycles. The molecule has 1 heterocycles. The third-order valence-corrected chi connectivity index (χ3v) is 6.98. The van der Waals surface area contributed by atoms with Crippen molar-refractivity contribution in [2.75, 3.05) is 6.61 Å². The highest BCUT2D eigenvalue weighted by Gasteiger charge is 2.34. The minimum Gasteiger partial charge on any atom is -0.506 e. The summed E-state index contributed by atoms with van der Waals surface area (Å²) < 4.78 is 25.8. The fourth-order valence-electron chi connectivity index (χ4n) is 3.52. The van der Waals surface area contributed by atoms with Gasteiger partial charge in [0.15, 0.2) is 0 Å². The predicted molar refractivity (Wildman–Crippen MR) is 150 cm³/mol. The van der Waals surface area contributed by atoms with Crippen molar-refractivity contribution < 1.29 is 28.6 Å². The molecular formula is C29H23BrFNO5S. The van der Waals surface area contributed by atoms with E-state index in [0.717, 1.165) is 21.8 Å². The van der Waals surface area contributed by atoms with Gasteiger partial charge in [-0.2, -0.15) is 0 Å². The maximum atomic E-state index is 14.1. The molecule has 0 atom stereocenters. The lowest BCUT2D eigenvalue weighted by atomic mass is 10.1. The zero-order chi connectivity index (χ0) is 27.2. The van der Waals surface area contributed by atoms with Crippen LogP contribution in [0.2, 0.25) is 0 Å². The number of thioether (sulfide) groups is 1. The molecule has 1 N–H and O–H groups in total. The Morgan fingerprint density at radius 1 is 1.11 bits per heavy atom. The molecule has 9 heteroatoms. The molecule has 0 bridgehead atoms. The number of ether oxygens (including phenoxy) is 2. The molecule has 0 spiro atoms. The van der Waals surface area contributed by atoms with Crippen molar-refractivity contribution in [1.82, 2.24) is 0 Å². The van der Waals surface area contributed by atoms with E-state index in [1.807, 2.05) is 6.92 Å². The predicted octanol–water partition coefficient (Wildman–Crippen LogP) is 7.18. The molecule has 3 aromatic carbocycles. The lowest BCUT2D eigenvalue weighted by Crippen LogP contribution is -2.14. The van der Waals surface area contributed by atoms with Gasteiger partial charge in [-0.05, 0) is 56.3 Å². The van der Waals surface area contributed by atoms with Gasteiger partial charge in [0.2, 0.25) is 0 Å². The monoisotopic (exact) mass is 595 g/mol. The topological polar surface area (TPSA) is 85.2 Å². The Kier molecular flexibility index (Phi) is 8.81. The van der Waals surface area contributed by atoms with Crippen LogP contribution in [0.3, 0.4) is 0 Å². The van der Waals surface area contributed by atoms with Crippen molar-refractivity contribution >= 4 is 50.7 Å². The Labute approximate surface area is 232 Å². The van der Waals surface area contributed by atoms with Gasteiger partial charge >= 0.3 is 5.97 Å². The number of hydrogen-bond donors (Lipinski definition) is 1. The molecule has 1 aliphatic rings. The number of halogens is 2. The summed E-state index contributed by atoms with van der Waals surface area (Å²) in [5, 5.41) is 11.0. The van der Waals surface area contributed by atoms with Gasteiger partial charge in [-0.25, -0.2) is 14.2 Å². The fourth-order valence-corrected chi connectivity index (χ4v) is 4.90. The van der Waals surface area contributed by atoms with E-state index >= 15 is 0 Å². The Morgan fingerprint density at radius 3 is 2.55 bits per heavy atom. The number of nitrogens with zero attached hydrogens (tertiary/aromatic N) is 1. The van der Waals surface area contributed by atoms with E-state index in [4.69, 9.17) is 9.47 Å². The molecule has 1 aliphatic heterocycles. The van der Waals surface area contributed by atoms with Crippen LogP contribution < -0.4 is 4.74 Å². The van der Waals surface area contributed by atoms with Crippen LogP contribution in [0.4, 0.5) is 4.39 Å². The van der Waals surface area contributed by atoms with Gasteiger partial charge in [-0.1, -0.05) is 63.6 Å². The van der Waals surface area contributed by atoms with Gasteiger partial charge in [0.1, 0.15) is 34.5 Å². The Morgan fingerprint density at radius 2 is 1.84 bits per heavy atom. The first kappa shape index (κ1) is 27.3. The van der Waals surface area contributed by atoms with Gasteiger partial charge < -0.3 is 14.6 Å². The van der Waals surface area contributed by atoms with Crippen LogP contribution in [0.25, 0.3) is 6.08 Å². The summed E-state index contributed by atoms with van der Waals surface area (Å²) in [5.74, 6) is -1.66. The molecule has 0 unspecified atom stereocenters. The van der Waals surface area contributed by atoms with Crippen LogP contribution in [0.5, 0.6) is 5.75 Å². The second-order valence-corrected chi connectivity index (χ2v) is 10.2. The smallest absolute Gasteiger partial charge is 0.344 e. The molecule has 0 saturated carbocycles. The quantitative estimate of drug-likeness (QED) is 0.291. The molecule has 38 heavy (non-hydrogen) atoms. The SMILES string of the molecule is CCOC(=O)C1=C(O)/C(=C/c2cc(Br)ccc2OCc2ccccc2F)SC1=NC(=O)c1ccc(C)cc1. The Hall–Kier alpha value is -3.69. The molecule has 0 saturated heterocycles. The molecule has 194 valence electrons. The van der Waals surface area contributed by atoms with E-state index in [-0.39, 0.29) is 40.3 Å². The van der Waals surface area contributed by atoms with Gasteiger partial charge in [-0.3, -0.25) is 4.79 Å². The highest BCUT2D eigenvalue weighted by atomic mass is 79.9. The summed E-state index contributed by atoms with van der Waals surface area (Å²) in [4.78, 5) is 29.9. The maximum absolute atomic E-state index is 14.1. The van der Waals surface area contributed by atoms with Gasteiger partial charge in [0.05, 0.1) is 11.5 Å². The third kappa shape index (κ3) is 6.41. The van der Waals surface area contributed by atoms with Crippen LogP contribution in [0.1, 0.15) is 34.0 Å². The number of hydrogen-bond acceptors (Lipinski definition) is 6. The summed E-state index contributed by atoms with van der Waals surface area (Å²) >= 11 is 4.40. The highest BCUT2D eigenvalue weighted by Crippen LogP contribution is 2.40. The molecule has 0 fully saturated rings. The van der Waals surface area contributed by atoms with E-state index in [2.05, 4.69) is 20.9 Å². The molecule has 0 radical (unpaired) electrons. The first-order chi connectivity index (χ1) is 18.3. The van der Waals surface area contributed by atoms with Crippen LogP contribution in [0.15, 0.2) is 92.4 Å². The Bertz CT molecular complexity index is 1480. The number of aryl methyl sites for hydroxylation is 1. The van der Waals surface area contributed by atoms with Crippen molar-refractivity contribution in [2.24, 2.45) is 4.99 Å². The van der Waals surface area contributed by atoms with E-state index in [0.29, 0.717) is 22.4 Å². The Balaban J connectivity index is 1.69. The molecule has 4 rings (SSSR count). The lowest BCUT2D eigenvalue weighted by molar-refractivity contribution is -0.138. The van der Waals surface area contributed by atoms with Crippen LogP contribution >= 0.6 is 27.7 Å². The normalized spacial score (nSPS) is 15.3. The number of aliphatic hydroxyl groups excluding tert-OH is 1. The van der Waals surface area contributed by atoms with Gasteiger partial charge in [0.25, 0.3) is 5.91 Å². The van der Waals surface area contributed by atoms with Crippen LogP contribution in [-0.2, 0) is 16.1 Å². The number of carbonyl (C=O) groups excluding carboxylic acids is 2. The maximum Gasteiger partial charge on any atom is 0.344 e.